The average molecular weight is 456 g/mol. The summed E-state index contributed by atoms with van der Waals surface area (Å²) < 4.78 is 1.78. The van der Waals surface area contributed by atoms with Crippen molar-refractivity contribution in [1.29, 1.82) is 0 Å². The summed E-state index contributed by atoms with van der Waals surface area (Å²) in [7, 11) is 3.42. The van der Waals surface area contributed by atoms with E-state index < -0.39 is 5.91 Å². The summed E-state index contributed by atoms with van der Waals surface area (Å²) in [5.74, 6) is -0.110. The van der Waals surface area contributed by atoms with Gasteiger partial charge in [0.25, 0.3) is 11.8 Å². The van der Waals surface area contributed by atoms with E-state index in [-0.39, 0.29) is 5.91 Å². The van der Waals surface area contributed by atoms with Crippen molar-refractivity contribution in [3.63, 3.8) is 0 Å². The molecule has 2 aromatic heterocycles. The molecule has 2 heterocycles. The first-order valence-corrected chi connectivity index (χ1v) is 10.6. The van der Waals surface area contributed by atoms with E-state index in [0.29, 0.717) is 29.2 Å². The second-order valence-electron chi connectivity index (χ2n) is 7.86. The number of hydrogen-bond acceptors (Lipinski definition) is 6. The highest BCUT2D eigenvalue weighted by Gasteiger charge is 2.12. The molecule has 2 aromatic carbocycles. The molecule has 0 bridgehead atoms. The second kappa shape index (κ2) is 9.86. The van der Waals surface area contributed by atoms with Crippen molar-refractivity contribution in [2.75, 3.05) is 24.7 Å². The van der Waals surface area contributed by atoms with E-state index in [1.165, 1.54) is 11.1 Å². The van der Waals surface area contributed by atoms with Crippen LogP contribution in [0.15, 0.2) is 79.3 Å². The Morgan fingerprint density at radius 1 is 1.06 bits per heavy atom. The first-order chi connectivity index (χ1) is 16.4. The van der Waals surface area contributed by atoms with Gasteiger partial charge in [-0.2, -0.15) is 5.10 Å². The normalized spacial score (nSPS) is 10.5. The quantitative estimate of drug-likeness (QED) is 0.375. The molecule has 0 spiro atoms. The monoisotopic (exact) mass is 455 g/mol. The minimum Gasteiger partial charge on any atom is -0.380 e. The largest absolute Gasteiger partial charge is 0.380 e. The van der Waals surface area contributed by atoms with Crippen LogP contribution in [-0.4, -0.2) is 45.6 Å². The number of anilines is 3. The number of hydrogen-bond donors (Lipinski definition) is 3. The topological polar surface area (TPSA) is 118 Å². The van der Waals surface area contributed by atoms with Crippen molar-refractivity contribution in [1.82, 2.24) is 19.7 Å². The highest BCUT2D eigenvalue weighted by molar-refractivity contribution is 5.98. The lowest BCUT2D eigenvalue weighted by molar-refractivity contribution is 0.0827. The lowest BCUT2D eigenvalue weighted by atomic mass is 10.1. The average Bonchev–Trinajstić information content (AvgIpc) is 3.38. The molecule has 4 aromatic rings. The lowest BCUT2D eigenvalue weighted by Gasteiger charge is -2.14. The van der Waals surface area contributed by atoms with Crippen LogP contribution < -0.4 is 16.4 Å². The molecule has 4 rings (SSSR count). The van der Waals surface area contributed by atoms with Crippen LogP contribution in [0.25, 0.3) is 5.69 Å². The number of benzene rings is 2. The third kappa shape index (κ3) is 5.21. The molecular formula is C25H25N7O2. The van der Waals surface area contributed by atoms with E-state index in [4.69, 9.17) is 5.73 Å². The molecule has 0 saturated carbocycles. The molecule has 0 aliphatic heterocycles. The maximum absolute atomic E-state index is 12.1. The van der Waals surface area contributed by atoms with Crippen molar-refractivity contribution in [2.24, 2.45) is 5.73 Å². The number of primary amides is 1. The molecule has 0 aliphatic carbocycles. The predicted molar refractivity (Wildman–Crippen MR) is 131 cm³/mol. The van der Waals surface area contributed by atoms with Gasteiger partial charge in [0.1, 0.15) is 5.82 Å². The highest BCUT2D eigenvalue weighted by atomic mass is 16.2. The molecule has 2 amide bonds. The zero-order chi connectivity index (χ0) is 24.1. The van der Waals surface area contributed by atoms with Crippen molar-refractivity contribution in [3.8, 4) is 5.69 Å². The van der Waals surface area contributed by atoms with Crippen molar-refractivity contribution in [3.05, 3.63) is 95.9 Å². The Labute approximate surface area is 197 Å². The fourth-order valence-electron chi connectivity index (χ4n) is 3.40. The van der Waals surface area contributed by atoms with Gasteiger partial charge >= 0.3 is 0 Å². The number of nitrogens with two attached hydrogens (primary N) is 1. The Morgan fingerprint density at radius 2 is 1.85 bits per heavy atom. The van der Waals surface area contributed by atoms with Gasteiger partial charge in [0.15, 0.2) is 0 Å². The van der Waals surface area contributed by atoms with Crippen LogP contribution in [0.5, 0.6) is 0 Å². The van der Waals surface area contributed by atoms with Crippen LogP contribution in [0.3, 0.4) is 0 Å². The first-order valence-electron chi connectivity index (χ1n) is 10.6. The van der Waals surface area contributed by atoms with E-state index in [2.05, 4.69) is 20.7 Å². The summed E-state index contributed by atoms with van der Waals surface area (Å²) in [4.78, 5) is 29.8. The summed E-state index contributed by atoms with van der Waals surface area (Å²) in [5.41, 5.74) is 9.71. The molecule has 172 valence electrons. The number of nitrogens with one attached hydrogen (secondary N) is 2. The van der Waals surface area contributed by atoms with E-state index >= 15 is 0 Å². The summed E-state index contributed by atoms with van der Waals surface area (Å²) in [6.07, 6.45) is 5.04. The summed E-state index contributed by atoms with van der Waals surface area (Å²) >= 11 is 0. The number of amides is 2. The highest BCUT2D eigenvalue weighted by Crippen LogP contribution is 2.23. The van der Waals surface area contributed by atoms with E-state index in [1.54, 1.807) is 55.3 Å². The number of carbonyl (C=O) groups excluding carboxylic acids is 2. The zero-order valence-corrected chi connectivity index (χ0v) is 18.9. The van der Waals surface area contributed by atoms with Crippen LogP contribution in [0, 0.1) is 0 Å². The van der Waals surface area contributed by atoms with Crippen LogP contribution in [0.4, 0.5) is 17.2 Å². The van der Waals surface area contributed by atoms with Gasteiger partial charge in [-0.15, -0.1) is 0 Å². The predicted octanol–water partition coefficient (Wildman–Crippen LogP) is 3.42. The molecule has 0 radical (unpaired) electrons. The van der Waals surface area contributed by atoms with Gasteiger partial charge in [-0.25, -0.2) is 9.67 Å². The van der Waals surface area contributed by atoms with Crippen LogP contribution in [0.1, 0.15) is 26.3 Å². The van der Waals surface area contributed by atoms with Gasteiger partial charge in [0.05, 0.1) is 16.9 Å². The van der Waals surface area contributed by atoms with E-state index in [9.17, 15) is 9.59 Å². The molecule has 34 heavy (non-hydrogen) atoms. The Bertz CT molecular complexity index is 1300. The van der Waals surface area contributed by atoms with Crippen LogP contribution >= 0.6 is 0 Å². The second-order valence-corrected chi connectivity index (χ2v) is 7.86. The molecule has 0 unspecified atom stereocenters. The minimum atomic E-state index is -0.571. The summed E-state index contributed by atoms with van der Waals surface area (Å²) in [5, 5.41) is 10.7. The number of pyridine rings is 1. The maximum atomic E-state index is 12.1. The van der Waals surface area contributed by atoms with Gasteiger partial charge in [-0.1, -0.05) is 12.1 Å². The molecule has 0 aliphatic rings. The smallest absolute Gasteiger partial charge is 0.253 e. The number of carbonyl (C=O) groups is 2. The van der Waals surface area contributed by atoms with E-state index in [0.717, 1.165) is 16.9 Å². The van der Waals surface area contributed by atoms with Crippen molar-refractivity contribution < 1.29 is 9.59 Å². The number of nitrogens with zero attached hydrogens (tertiary/aromatic N) is 4. The van der Waals surface area contributed by atoms with Gasteiger partial charge in [0.2, 0.25) is 0 Å². The van der Waals surface area contributed by atoms with E-state index in [1.807, 2.05) is 36.5 Å². The van der Waals surface area contributed by atoms with Gasteiger partial charge in [0, 0.05) is 56.5 Å². The van der Waals surface area contributed by atoms with Gasteiger partial charge in [-0.05, 0) is 48.0 Å². The Kier molecular flexibility index (Phi) is 6.54. The Morgan fingerprint density at radius 3 is 2.53 bits per heavy atom. The molecule has 0 fully saturated rings. The number of aromatic nitrogens is 3. The molecule has 0 saturated heterocycles. The van der Waals surface area contributed by atoms with Crippen molar-refractivity contribution >= 4 is 29.0 Å². The third-order valence-corrected chi connectivity index (χ3v) is 5.14. The fraction of sp³-hybridized carbons (Fsp3) is 0.120. The van der Waals surface area contributed by atoms with Crippen LogP contribution in [0.2, 0.25) is 0 Å². The van der Waals surface area contributed by atoms with Gasteiger partial charge in [-0.3, -0.25) is 9.59 Å². The van der Waals surface area contributed by atoms with Crippen LogP contribution in [-0.2, 0) is 6.54 Å². The molecule has 4 N–H and O–H groups in total. The SMILES string of the molecule is CN(C)C(=O)c1ccc(Nc2cc(NCc3cccc(-n4cccn4)c3)c(C(N)=O)cn2)cc1. The fourth-order valence-corrected chi connectivity index (χ4v) is 3.40. The third-order valence-electron chi connectivity index (χ3n) is 5.14. The Hall–Kier alpha value is -4.66. The van der Waals surface area contributed by atoms with Crippen molar-refractivity contribution in [2.45, 2.75) is 6.54 Å². The number of rotatable bonds is 8. The minimum absolute atomic E-state index is 0.0707. The summed E-state index contributed by atoms with van der Waals surface area (Å²) in [6, 6.07) is 18.6. The molecule has 9 nitrogen and oxygen atoms in total. The standard InChI is InChI=1S/C25H25N7O2/c1-31(2)25(34)18-7-9-19(10-8-18)30-23-14-22(21(16-28-23)24(26)33)27-15-17-5-3-6-20(13-17)32-12-4-11-29-32/h3-14,16H,15H2,1-2H3,(H2,26,33)(H2,27,28,30). The summed E-state index contributed by atoms with van der Waals surface area (Å²) in [6.45, 7) is 0.472. The lowest BCUT2D eigenvalue weighted by Crippen LogP contribution is -2.21. The zero-order valence-electron chi connectivity index (χ0n) is 18.9. The first kappa shape index (κ1) is 22.5. The molecule has 0 atom stereocenters. The maximum Gasteiger partial charge on any atom is 0.253 e. The molecule has 9 heteroatoms. The Balaban J connectivity index is 1.51. The molecular weight excluding hydrogens is 430 g/mol. The van der Waals surface area contributed by atoms with Gasteiger partial charge < -0.3 is 21.3 Å².